The maximum absolute atomic E-state index is 10.0. The molecule has 5 heteroatoms. The Morgan fingerprint density at radius 2 is 2.00 bits per heavy atom. The van der Waals surface area contributed by atoms with Gasteiger partial charge in [-0.1, -0.05) is 23.2 Å². The predicted octanol–water partition coefficient (Wildman–Crippen LogP) is 2.22. The number of hydrogen-bond donors (Lipinski definition) is 1. The van der Waals surface area contributed by atoms with E-state index in [2.05, 4.69) is 0 Å². The molecule has 0 amide bonds. The number of halogens is 2. The molecule has 1 aliphatic heterocycles. The molecule has 0 radical (unpaired) electrons. The standard InChI is InChI=1S/C10H10Cl2O3/c1-14-9-3-7(11)6(2-8(9)12)10(13)4-15-5-10/h2-3,13H,4-5H2,1H3. The Balaban J connectivity index is 2.45. The Bertz CT molecular complexity index is 388. The zero-order valence-electron chi connectivity index (χ0n) is 8.09. The first-order chi connectivity index (χ1) is 7.07. The molecule has 0 spiro atoms. The molecule has 1 fully saturated rings. The average molecular weight is 249 g/mol. The molecular weight excluding hydrogens is 239 g/mol. The molecule has 0 unspecified atom stereocenters. The van der Waals surface area contributed by atoms with Gasteiger partial charge < -0.3 is 14.6 Å². The lowest BCUT2D eigenvalue weighted by atomic mass is 9.92. The van der Waals surface area contributed by atoms with Crippen molar-refractivity contribution in [1.29, 1.82) is 0 Å². The Morgan fingerprint density at radius 1 is 1.33 bits per heavy atom. The molecule has 1 saturated heterocycles. The van der Waals surface area contributed by atoms with Crippen LogP contribution in [0.3, 0.4) is 0 Å². The lowest BCUT2D eigenvalue weighted by Gasteiger charge is -2.37. The Kier molecular flexibility index (Phi) is 2.81. The summed E-state index contributed by atoms with van der Waals surface area (Å²) in [5.41, 5.74) is -0.422. The van der Waals surface area contributed by atoms with Crippen molar-refractivity contribution in [2.75, 3.05) is 20.3 Å². The quantitative estimate of drug-likeness (QED) is 0.873. The highest BCUT2D eigenvalue weighted by Crippen LogP contribution is 2.39. The molecule has 1 aliphatic rings. The van der Waals surface area contributed by atoms with Crippen LogP contribution < -0.4 is 4.74 Å². The number of methoxy groups -OCH3 is 1. The van der Waals surface area contributed by atoms with Gasteiger partial charge in [0.2, 0.25) is 0 Å². The maximum atomic E-state index is 10.0. The number of hydrogen-bond acceptors (Lipinski definition) is 3. The van der Waals surface area contributed by atoms with Crippen LogP contribution >= 0.6 is 23.2 Å². The van der Waals surface area contributed by atoms with Crippen LogP contribution in [0, 0.1) is 0 Å². The van der Waals surface area contributed by atoms with Gasteiger partial charge in [-0.05, 0) is 6.07 Å². The second kappa shape index (κ2) is 3.83. The Labute approximate surface area is 97.5 Å². The number of rotatable bonds is 2. The van der Waals surface area contributed by atoms with Crippen molar-refractivity contribution in [2.45, 2.75) is 5.60 Å². The Morgan fingerprint density at radius 3 is 2.47 bits per heavy atom. The molecule has 0 aromatic heterocycles. The molecule has 1 N–H and O–H groups in total. The minimum atomic E-state index is -1.01. The molecule has 0 aliphatic carbocycles. The molecule has 0 atom stereocenters. The summed E-state index contributed by atoms with van der Waals surface area (Å²) < 4.78 is 9.98. The summed E-state index contributed by atoms with van der Waals surface area (Å²) in [5.74, 6) is 0.495. The summed E-state index contributed by atoms with van der Waals surface area (Å²) in [7, 11) is 1.51. The maximum Gasteiger partial charge on any atom is 0.138 e. The highest BCUT2D eigenvalue weighted by atomic mass is 35.5. The molecule has 3 nitrogen and oxygen atoms in total. The minimum absolute atomic E-state index is 0.245. The van der Waals surface area contributed by atoms with E-state index >= 15 is 0 Å². The van der Waals surface area contributed by atoms with E-state index in [9.17, 15) is 5.11 Å². The van der Waals surface area contributed by atoms with Gasteiger partial charge in [0.25, 0.3) is 0 Å². The van der Waals surface area contributed by atoms with Gasteiger partial charge in [0.05, 0.1) is 30.4 Å². The smallest absolute Gasteiger partial charge is 0.138 e. The average Bonchev–Trinajstić information content (AvgIpc) is 2.17. The van der Waals surface area contributed by atoms with Gasteiger partial charge in [-0.15, -0.1) is 0 Å². The van der Waals surface area contributed by atoms with Crippen molar-refractivity contribution in [2.24, 2.45) is 0 Å². The van der Waals surface area contributed by atoms with E-state index in [1.54, 1.807) is 12.1 Å². The first-order valence-electron chi connectivity index (χ1n) is 4.40. The van der Waals surface area contributed by atoms with Crippen LogP contribution in [0.5, 0.6) is 5.75 Å². The van der Waals surface area contributed by atoms with Crippen molar-refractivity contribution in [1.82, 2.24) is 0 Å². The monoisotopic (exact) mass is 248 g/mol. The van der Waals surface area contributed by atoms with Crippen molar-refractivity contribution in [3.63, 3.8) is 0 Å². The topological polar surface area (TPSA) is 38.7 Å². The second-order valence-corrected chi connectivity index (χ2v) is 4.31. The molecular formula is C10H10Cl2O3. The third-order valence-corrected chi connectivity index (χ3v) is 3.03. The van der Waals surface area contributed by atoms with Crippen LogP contribution in [0.25, 0.3) is 0 Å². The molecule has 0 saturated carbocycles. The van der Waals surface area contributed by atoms with Gasteiger partial charge in [0.15, 0.2) is 0 Å². The van der Waals surface area contributed by atoms with Crippen LogP contribution in [-0.2, 0) is 10.3 Å². The van der Waals surface area contributed by atoms with Gasteiger partial charge in [0, 0.05) is 11.6 Å². The fourth-order valence-electron chi connectivity index (χ4n) is 1.49. The fourth-order valence-corrected chi connectivity index (χ4v) is 2.06. The van der Waals surface area contributed by atoms with E-state index in [0.29, 0.717) is 21.4 Å². The summed E-state index contributed by atoms with van der Waals surface area (Å²) >= 11 is 12.0. The minimum Gasteiger partial charge on any atom is -0.495 e. The first-order valence-corrected chi connectivity index (χ1v) is 5.16. The first kappa shape index (κ1) is 11.0. The zero-order valence-corrected chi connectivity index (χ0v) is 9.60. The van der Waals surface area contributed by atoms with Gasteiger partial charge in [0.1, 0.15) is 11.4 Å². The molecule has 1 aromatic carbocycles. The zero-order chi connectivity index (χ0) is 11.1. The van der Waals surface area contributed by atoms with Gasteiger partial charge in [-0.3, -0.25) is 0 Å². The van der Waals surface area contributed by atoms with Gasteiger partial charge in [-0.2, -0.15) is 0 Å². The van der Waals surface area contributed by atoms with Crippen LogP contribution in [0.1, 0.15) is 5.56 Å². The molecule has 1 aromatic rings. The van der Waals surface area contributed by atoms with E-state index < -0.39 is 5.60 Å². The highest BCUT2D eigenvalue weighted by Gasteiger charge is 2.40. The van der Waals surface area contributed by atoms with Crippen molar-refractivity contribution < 1.29 is 14.6 Å². The third-order valence-electron chi connectivity index (χ3n) is 2.42. The lowest BCUT2D eigenvalue weighted by Crippen LogP contribution is -2.46. The van der Waals surface area contributed by atoms with Crippen LogP contribution in [-0.4, -0.2) is 25.4 Å². The van der Waals surface area contributed by atoms with Gasteiger partial charge in [-0.25, -0.2) is 0 Å². The third kappa shape index (κ3) is 1.81. The predicted molar refractivity (Wildman–Crippen MR) is 57.7 cm³/mol. The van der Waals surface area contributed by atoms with Crippen LogP contribution in [0.4, 0.5) is 0 Å². The lowest BCUT2D eigenvalue weighted by molar-refractivity contribution is -0.184. The van der Waals surface area contributed by atoms with E-state index in [1.165, 1.54) is 7.11 Å². The molecule has 0 bridgehead atoms. The summed E-state index contributed by atoms with van der Waals surface area (Å²) in [6.45, 7) is 0.491. The number of aliphatic hydroxyl groups is 1. The molecule has 2 rings (SSSR count). The highest BCUT2D eigenvalue weighted by molar-refractivity contribution is 6.34. The fraction of sp³-hybridized carbons (Fsp3) is 0.400. The molecule has 1 heterocycles. The summed E-state index contributed by atoms with van der Waals surface area (Å²) in [5, 5.41) is 10.9. The second-order valence-electron chi connectivity index (χ2n) is 3.49. The van der Waals surface area contributed by atoms with Crippen molar-refractivity contribution in [3.8, 4) is 5.75 Å². The van der Waals surface area contributed by atoms with Crippen molar-refractivity contribution in [3.05, 3.63) is 27.7 Å². The molecule has 15 heavy (non-hydrogen) atoms. The van der Waals surface area contributed by atoms with E-state index in [1.807, 2.05) is 0 Å². The molecule has 82 valence electrons. The van der Waals surface area contributed by atoms with Crippen LogP contribution in [0.15, 0.2) is 12.1 Å². The van der Waals surface area contributed by atoms with Crippen molar-refractivity contribution >= 4 is 23.2 Å². The van der Waals surface area contributed by atoms with E-state index in [4.69, 9.17) is 32.7 Å². The number of benzene rings is 1. The largest absolute Gasteiger partial charge is 0.495 e. The number of ether oxygens (including phenoxy) is 2. The summed E-state index contributed by atoms with van der Waals surface area (Å²) in [6, 6.07) is 3.21. The van der Waals surface area contributed by atoms with E-state index in [-0.39, 0.29) is 13.2 Å². The summed E-state index contributed by atoms with van der Waals surface area (Å²) in [6.07, 6.45) is 0. The van der Waals surface area contributed by atoms with Crippen LogP contribution in [0.2, 0.25) is 10.0 Å². The Hall–Kier alpha value is -0.480. The summed E-state index contributed by atoms with van der Waals surface area (Å²) in [4.78, 5) is 0. The van der Waals surface area contributed by atoms with E-state index in [0.717, 1.165) is 0 Å². The van der Waals surface area contributed by atoms with Gasteiger partial charge >= 0.3 is 0 Å². The normalized spacial score (nSPS) is 18.4. The SMILES string of the molecule is COc1cc(Cl)c(C2(O)COC2)cc1Cl.